The van der Waals surface area contributed by atoms with Crippen LogP contribution in [0.15, 0.2) is 29.0 Å². The van der Waals surface area contributed by atoms with Crippen LogP contribution in [-0.4, -0.2) is 62.4 Å². The van der Waals surface area contributed by atoms with E-state index in [2.05, 4.69) is 41.3 Å². The summed E-state index contributed by atoms with van der Waals surface area (Å²) in [5.74, 6) is -0.196. The fraction of sp³-hybridized carbons (Fsp3) is 0.412. The zero-order chi connectivity index (χ0) is 18.7. The third kappa shape index (κ3) is 3.94. The first-order valence-corrected chi connectivity index (χ1v) is 9.30. The van der Waals surface area contributed by atoms with Crippen molar-refractivity contribution in [3.8, 4) is 11.4 Å². The minimum absolute atomic E-state index is 0.196. The third-order valence-electron chi connectivity index (χ3n) is 3.94. The second-order valence-electron chi connectivity index (χ2n) is 6.22. The Balaban J connectivity index is 1.85. The van der Waals surface area contributed by atoms with E-state index in [9.17, 15) is 4.79 Å². The molecule has 0 saturated heterocycles. The molecule has 0 aliphatic carbocycles. The van der Waals surface area contributed by atoms with Crippen molar-refractivity contribution in [2.45, 2.75) is 19.9 Å². The summed E-state index contributed by atoms with van der Waals surface area (Å²) >= 11 is 3.54. The number of aryl methyl sites for hydroxylation is 1. The van der Waals surface area contributed by atoms with Gasteiger partial charge in [-0.3, -0.25) is 9.48 Å². The molecule has 0 aromatic carbocycles. The van der Waals surface area contributed by atoms with E-state index in [1.54, 1.807) is 16.8 Å². The first-order chi connectivity index (χ1) is 12.5. The Morgan fingerprint density at radius 1 is 1.35 bits per heavy atom. The minimum Gasteiger partial charge on any atom is -0.351 e. The first kappa shape index (κ1) is 18.5. The quantitative estimate of drug-likeness (QED) is 0.592. The maximum atomic E-state index is 12.4. The van der Waals surface area contributed by atoms with Crippen molar-refractivity contribution in [1.82, 2.24) is 34.6 Å². The molecule has 9 heteroatoms. The van der Waals surface area contributed by atoms with Crippen LogP contribution < -0.4 is 5.32 Å². The van der Waals surface area contributed by atoms with Crippen LogP contribution in [0.1, 0.15) is 23.8 Å². The topological polar surface area (TPSA) is 80.4 Å². The van der Waals surface area contributed by atoms with Crippen molar-refractivity contribution in [3.05, 3.63) is 34.7 Å². The van der Waals surface area contributed by atoms with Crippen molar-refractivity contribution in [3.63, 3.8) is 0 Å². The molecule has 0 radical (unpaired) electrons. The fourth-order valence-electron chi connectivity index (χ4n) is 2.61. The predicted octanol–water partition coefficient (Wildman–Crippen LogP) is 2.06. The standard InChI is InChI=1S/C17H22BrN7O/c1-4-24-11-12(18)16(22-24)14-6-8-19-15-10-13(21-25(14)15)17(26)20-7-5-9-23(2)3/h6,8,10-11H,4-5,7,9H2,1-3H3,(H,20,26). The van der Waals surface area contributed by atoms with Gasteiger partial charge in [-0.2, -0.15) is 10.2 Å². The number of nitrogens with one attached hydrogen (secondary N) is 1. The molecular formula is C17H22BrN7O. The number of carbonyl (C=O) groups excluding carboxylic acids is 1. The molecule has 3 heterocycles. The van der Waals surface area contributed by atoms with E-state index in [1.807, 2.05) is 38.0 Å². The number of nitrogens with zero attached hydrogens (tertiary/aromatic N) is 6. The number of hydrogen-bond acceptors (Lipinski definition) is 5. The first-order valence-electron chi connectivity index (χ1n) is 8.50. The predicted molar refractivity (Wildman–Crippen MR) is 103 cm³/mol. The van der Waals surface area contributed by atoms with Gasteiger partial charge in [0.15, 0.2) is 11.3 Å². The smallest absolute Gasteiger partial charge is 0.271 e. The minimum atomic E-state index is -0.196. The lowest BCUT2D eigenvalue weighted by Gasteiger charge is -2.09. The monoisotopic (exact) mass is 419 g/mol. The molecule has 138 valence electrons. The molecule has 8 nitrogen and oxygen atoms in total. The Bertz CT molecular complexity index is 915. The van der Waals surface area contributed by atoms with Crippen molar-refractivity contribution in [2.24, 2.45) is 0 Å². The lowest BCUT2D eigenvalue weighted by Crippen LogP contribution is -2.27. The molecule has 1 N–H and O–H groups in total. The molecular weight excluding hydrogens is 398 g/mol. The van der Waals surface area contributed by atoms with Gasteiger partial charge in [0.25, 0.3) is 5.91 Å². The Morgan fingerprint density at radius 2 is 2.15 bits per heavy atom. The van der Waals surface area contributed by atoms with Gasteiger partial charge in [0.2, 0.25) is 0 Å². The van der Waals surface area contributed by atoms with Gasteiger partial charge in [0, 0.05) is 31.5 Å². The fourth-order valence-corrected chi connectivity index (χ4v) is 3.12. The van der Waals surface area contributed by atoms with Crippen molar-refractivity contribution >= 4 is 27.5 Å². The van der Waals surface area contributed by atoms with Crippen molar-refractivity contribution < 1.29 is 4.79 Å². The summed E-state index contributed by atoms with van der Waals surface area (Å²) < 4.78 is 4.37. The van der Waals surface area contributed by atoms with Gasteiger partial charge in [-0.05, 0) is 56.0 Å². The molecule has 0 fully saturated rings. The highest BCUT2D eigenvalue weighted by atomic mass is 79.9. The van der Waals surface area contributed by atoms with Gasteiger partial charge >= 0.3 is 0 Å². The van der Waals surface area contributed by atoms with Gasteiger partial charge in [0.05, 0.1) is 10.2 Å². The summed E-state index contributed by atoms with van der Waals surface area (Å²) in [6, 6.07) is 3.53. The molecule has 26 heavy (non-hydrogen) atoms. The van der Waals surface area contributed by atoms with Crippen LogP contribution in [0.4, 0.5) is 0 Å². The third-order valence-corrected chi connectivity index (χ3v) is 4.52. The van der Waals surface area contributed by atoms with Crippen LogP contribution in [0.2, 0.25) is 0 Å². The number of halogens is 1. The lowest BCUT2D eigenvalue weighted by molar-refractivity contribution is 0.0947. The van der Waals surface area contributed by atoms with E-state index in [0.717, 1.165) is 35.4 Å². The highest BCUT2D eigenvalue weighted by Crippen LogP contribution is 2.26. The molecule has 0 spiro atoms. The Kier molecular flexibility index (Phi) is 5.67. The largest absolute Gasteiger partial charge is 0.351 e. The van der Waals surface area contributed by atoms with Gasteiger partial charge in [0.1, 0.15) is 5.69 Å². The van der Waals surface area contributed by atoms with Crippen LogP contribution in [-0.2, 0) is 6.54 Å². The van der Waals surface area contributed by atoms with Crippen LogP contribution in [0.25, 0.3) is 17.0 Å². The number of fused-ring (bicyclic) bond motifs is 1. The Morgan fingerprint density at radius 3 is 2.85 bits per heavy atom. The van der Waals surface area contributed by atoms with Gasteiger partial charge in [-0.1, -0.05) is 0 Å². The van der Waals surface area contributed by atoms with E-state index in [4.69, 9.17) is 0 Å². The van der Waals surface area contributed by atoms with Crippen LogP contribution in [0.5, 0.6) is 0 Å². The van der Waals surface area contributed by atoms with Crippen molar-refractivity contribution in [2.75, 3.05) is 27.2 Å². The van der Waals surface area contributed by atoms with Crippen molar-refractivity contribution in [1.29, 1.82) is 0 Å². The average molecular weight is 420 g/mol. The summed E-state index contributed by atoms with van der Waals surface area (Å²) in [7, 11) is 4.02. The number of hydrogen-bond donors (Lipinski definition) is 1. The van der Waals surface area contributed by atoms with E-state index in [-0.39, 0.29) is 5.91 Å². The maximum Gasteiger partial charge on any atom is 0.271 e. The highest BCUT2D eigenvalue weighted by molar-refractivity contribution is 9.10. The van der Waals surface area contributed by atoms with E-state index < -0.39 is 0 Å². The summed E-state index contributed by atoms with van der Waals surface area (Å²) in [5.41, 5.74) is 2.50. The van der Waals surface area contributed by atoms with Gasteiger partial charge in [-0.25, -0.2) is 9.50 Å². The molecule has 3 rings (SSSR count). The normalized spacial score (nSPS) is 11.4. The summed E-state index contributed by atoms with van der Waals surface area (Å²) in [4.78, 5) is 18.8. The molecule has 0 unspecified atom stereocenters. The SMILES string of the molecule is CCn1cc(Br)c(-c2ccnc3cc(C(=O)NCCCN(C)C)nn23)n1. The van der Waals surface area contributed by atoms with Crippen LogP contribution in [0, 0.1) is 0 Å². The summed E-state index contributed by atoms with van der Waals surface area (Å²) in [6.45, 7) is 4.33. The molecule has 0 aliphatic rings. The zero-order valence-electron chi connectivity index (χ0n) is 15.1. The van der Waals surface area contributed by atoms with Crippen LogP contribution >= 0.6 is 15.9 Å². The summed E-state index contributed by atoms with van der Waals surface area (Å²) in [5, 5.41) is 11.9. The average Bonchev–Trinajstić information content (AvgIpc) is 3.21. The zero-order valence-corrected chi connectivity index (χ0v) is 16.7. The molecule has 3 aromatic heterocycles. The van der Waals surface area contributed by atoms with Gasteiger partial charge < -0.3 is 10.2 Å². The lowest BCUT2D eigenvalue weighted by atomic mass is 10.3. The Hall–Kier alpha value is -2.26. The molecule has 0 aliphatic heterocycles. The van der Waals surface area contributed by atoms with Gasteiger partial charge in [-0.15, -0.1) is 0 Å². The number of aromatic nitrogens is 5. The van der Waals surface area contributed by atoms with E-state index >= 15 is 0 Å². The molecule has 1 amide bonds. The van der Waals surface area contributed by atoms with E-state index in [1.165, 1.54) is 0 Å². The Labute approximate surface area is 160 Å². The molecule has 0 atom stereocenters. The molecule has 0 bridgehead atoms. The second-order valence-corrected chi connectivity index (χ2v) is 7.08. The second kappa shape index (κ2) is 7.96. The number of carbonyl (C=O) groups is 1. The maximum absolute atomic E-state index is 12.4. The highest BCUT2D eigenvalue weighted by Gasteiger charge is 2.17. The molecule has 3 aromatic rings. The number of amides is 1. The van der Waals surface area contributed by atoms with E-state index in [0.29, 0.717) is 17.9 Å². The molecule has 0 saturated carbocycles. The van der Waals surface area contributed by atoms with Crippen LogP contribution in [0.3, 0.4) is 0 Å². The number of rotatable bonds is 7. The summed E-state index contributed by atoms with van der Waals surface area (Å²) in [6.07, 6.45) is 4.50.